The van der Waals surface area contributed by atoms with E-state index in [4.69, 9.17) is 22.9 Å². The van der Waals surface area contributed by atoms with Gasteiger partial charge in [0.05, 0.1) is 6.04 Å². The molecule has 53 heavy (non-hydrogen) atoms. The number of amides is 6. The summed E-state index contributed by atoms with van der Waals surface area (Å²) in [7, 11) is 0. The summed E-state index contributed by atoms with van der Waals surface area (Å²) in [4.78, 5) is 80.1. The molecule has 0 radical (unpaired) electrons. The van der Waals surface area contributed by atoms with Gasteiger partial charge in [-0.3, -0.25) is 28.8 Å². The molecule has 2 aromatic carbocycles. The van der Waals surface area contributed by atoms with Crippen molar-refractivity contribution in [3.63, 3.8) is 0 Å². The fraction of sp³-hybridized carbons (Fsp3) is 0.526. The van der Waals surface area contributed by atoms with Gasteiger partial charge in [0, 0.05) is 25.6 Å². The first-order valence-corrected chi connectivity index (χ1v) is 18.4. The predicted molar refractivity (Wildman–Crippen MR) is 201 cm³/mol. The van der Waals surface area contributed by atoms with Gasteiger partial charge in [-0.2, -0.15) is 0 Å². The van der Waals surface area contributed by atoms with Crippen molar-refractivity contribution < 1.29 is 28.8 Å². The van der Waals surface area contributed by atoms with E-state index in [1.165, 1.54) is 0 Å². The van der Waals surface area contributed by atoms with E-state index in [9.17, 15) is 28.8 Å². The number of benzene rings is 2. The van der Waals surface area contributed by atoms with Crippen LogP contribution in [-0.4, -0.2) is 96.2 Å². The molecule has 1 aliphatic rings. The molecular weight excluding hydrogens is 678 g/mol. The zero-order valence-corrected chi connectivity index (χ0v) is 30.8. The number of hydrogen-bond acceptors (Lipinski definition) is 9. The molecule has 1 aliphatic heterocycles. The number of rotatable bonds is 20. The molecule has 1 saturated heterocycles. The number of carbonyl (C=O) groups is 6. The van der Waals surface area contributed by atoms with Gasteiger partial charge in [0.1, 0.15) is 18.1 Å². The lowest BCUT2D eigenvalue weighted by atomic mass is 9.99. The average molecular weight is 736 g/mol. The van der Waals surface area contributed by atoms with Crippen molar-refractivity contribution in [2.24, 2.45) is 28.9 Å². The Morgan fingerprint density at radius 2 is 1.25 bits per heavy atom. The van der Waals surface area contributed by atoms with E-state index in [0.717, 1.165) is 11.1 Å². The van der Waals surface area contributed by atoms with Crippen LogP contribution in [0.5, 0.6) is 0 Å². The molecule has 6 amide bonds. The van der Waals surface area contributed by atoms with E-state index in [2.05, 4.69) is 21.3 Å². The lowest BCUT2D eigenvalue weighted by molar-refractivity contribution is -0.139. The molecule has 290 valence electrons. The highest BCUT2D eigenvalue weighted by Gasteiger charge is 2.34. The number of hydrogen-bond donors (Lipinski definition) is 8. The number of unbranched alkanes of at least 4 members (excludes halogenated alkanes) is 1. The maximum absolute atomic E-state index is 13.9. The fourth-order valence-electron chi connectivity index (χ4n) is 6.18. The van der Waals surface area contributed by atoms with Crippen LogP contribution in [0, 0.1) is 5.92 Å². The summed E-state index contributed by atoms with van der Waals surface area (Å²) < 4.78 is 0. The summed E-state index contributed by atoms with van der Waals surface area (Å²) >= 11 is 0. The normalized spacial score (nSPS) is 16.1. The minimum absolute atomic E-state index is 0.00387. The monoisotopic (exact) mass is 735 g/mol. The Bertz CT molecular complexity index is 1500. The highest BCUT2D eigenvalue weighted by Crippen LogP contribution is 2.15. The third-order valence-corrected chi connectivity index (χ3v) is 9.19. The molecule has 0 spiro atoms. The lowest BCUT2D eigenvalue weighted by Crippen LogP contribution is -2.59. The second-order valence-corrected chi connectivity index (χ2v) is 14.1. The summed E-state index contributed by atoms with van der Waals surface area (Å²) in [5.74, 6) is -3.47. The Labute approximate surface area is 311 Å². The minimum atomic E-state index is -1.46. The third-order valence-electron chi connectivity index (χ3n) is 9.19. The van der Waals surface area contributed by atoms with Crippen LogP contribution in [0.1, 0.15) is 63.5 Å². The molecule has 1 heterocycles. The molecule has 0 saturated carbocycles. The first-order chi connectivity index (χ1) is 25.3. The lowest BCUT2D eigenvalue weighted by Gasteiger charge is -2.35. The number of nitrogens with two attached hydrogens (primary N) is 4. The maximum atomic E-state index is 13.9. The van der Waals surface area contributed by atoms with Crippen molar-refractivity contribution in [1.29, 1.82) is 0 Å². The van der Waals surface area contributed by atoms with Gasteiger partial charge >= 0.3 is 0 Å². The molecule has 3 rings (SSSR count). The average Bonchev–Trinajstić information content (AvgIpc) is 3.14. The van der Waals surface area contributed by atoms with Gasteiger partial charge in [-0.25, -0.2) is 0 Å². The molecule has 1 fully saturated rings. The van der Waals surface area contributed by atoms with Crippen molar-refractivity contribution in [3.05, 3.63) is 71.8 Å². The summed E-state index contributed by atoms with van der Waals surface area (Å²) in [5.41, 5.74) is 24.3. The van der Waals surface area contributed by atoms with E-state index in [-0.39, 0.29) is 37.1 Å². The Morgan fingerprint density at radius 1 is 0.717 bits per heavy atom. The van der Waals surface area contributed by atoms with Gasteiger partial charge in [-0.15, -0.1) is 0 Å². The molecule has 0 aromatic heterocycles. The molecule has 15 nitrogen and oxygen atoms in total. The van der Waals surface area contributed by atoms with Gasteiger partial charge in [-0.05, 0) is 68.5 Å². The van der Waals surface area contributed by atoms with Crippen LogP contribution in [0.25, 0.3) is 0 Å². The van der Waals surface area contributed by atoms with Crippen LogP contribution in [0.3, 0.4) is 0 Å². The summed E-state index contributed by atoms with van der Waals surface area (Å²) in [6.45, 7) is 4.86. The molecule has 12 N–H and O–H groups in total. The SMILES string of the molecule is CC(C)C[C@@H](NC(=O)[C@@H](Cc1ccccc1)NC(=O)[C@H](N)Cc1ccccc1)C(=O)N[C@H](CCCCN)C(=O)N1CCC(NC(=O)[C@H](N)C(N)=O)CC1. The van der Waals surface area contributed by atoms with Gasteiger partial charge in [0.2, 0.25) is 35.4 Å². The zero-order chi connectivity index (χ0) is 38.9. The van der Waals surface area contributed by atoms with Crippen LogP contribution < -0.4 is 44.2 Å². The topological polar surface area (TPSA) is 258 Å². The quantitative estimate of drug-likeness (QED) is 0.0634. The number of nitrogens with zero attached hydrogens (tertiary/aromatic N) is 1. The van der Waals surface area contributed by atoms with Crippen LogP contribution in [0.4, 0.5) is 0 Å². The first-order valence-electron chi connectivity index (χ1n) is 18.4. The van der Waals surface area contributed by atoms with Crippen molar-refractivity contribution in [2.75, 3.05) is 19.6 Å². The van der Waals surface area contributed by atoms with Gasteiger partial charge in [0.25, 0.3) is 0 Å². The predicted octanol–water partition coefficient (Wildman–Crippen LogP) is -0.652. The fourth-order valence-corrected chi connectivity index (χ4v) is 6.18. The Hall–Kier alpha value is -4.86. The summed E-state index contributed by atoms with van der Waals surface area (Å²) in [6.07, 6.45) is 3.12. The van der Waals surface area contributed by atoms with E-state index in [1.807, 2.05) is 74.5 Å². The number of carbonyl (C=O) groups excluding carboxylic acids is 6. The molecule has 0 aliphatic carbocycles. The zero-order valence-electron chi connectivity index (χ0n) is 30.8. The van der Waals surface area contributed by atoms with Crippen LogP contribution in [-0.2, 0) is 41.6 Å². The van der Waals surface area contributed by atoms with Crippen LogP contribution >= 0.6 is 0 Å². The van der Waals surface area contributed by atoms with E-state index < -0.39 is 59.7 Å². The smallest absolute Gasteiger partial charge is 0.246 e. The number of piperidine rings is 1. The Morgan fingerprint density at radius 3 is 1.79 bits per heavy atom. The first kappa shape index (κ1) is 42.6. The van der Waals surface area contributed by atoms with Gasteiger partial charge < -0.3 is 49.1 Å². The molecule has 0 bridgehead atoms. The molecule has 15 heteroatoms. The third kappa shape index (κ3) is 14.2. The second-order valence-electron chi connectivity index (χ2n) is 14.1. The Balaban J connectivity index is 1.73. The number of nitrogens with one attached hydrogen (secondary N) is 4. The summed E-state index contributed by atoms with van der Waals surface area (Å²) in [6, 6.07) is 13.0. The summed E-state index contributed by atoms with van der Waals surface area (Å²) in [5, 5.41) is 11.3. The number of primary amides is 1. The van der Waals surface area contributed by atoms with Crippen molar-refractivity contribution >= 4 is 35.4 Å². The highest BCUT2D eigenvalue weighted by atomic mass is 16.2. The van der Waals surface area contributed by atoms with Crippen molar-refractivity contribution in [1.82, 2.24) is 26.2 Å². The Kier molecular flexibility index (Phi) is 17.4. The molecular formula is C38H57N9O6. The second kappa shape index (κ2) is 21.6. The molecule has 2 aromatic rings. The van der Waals surface area contributed by atoms with Gasteiger partial charge in [0.15, 0.2) is 6.04 Å². The van der Waals surface area contributed by atoms with E-state index in [0.29, 0.717) is 51.7 Å². The largest absolute Gasteiger partial charge is 0.368 e. The van der Waals surface area contributed by atoms with Crippen LogP contribution in [0.2, 0.25) is 0 Å². The standard InChI is InChI=1S/C38H57N9O6/c1-24(2)21-30(46-36(51)31(23-26-13-7-4-8-14-26)45-34(49)28(40)22-25-11-5-3-6-12-25)35(50)44-29(15-9-10-18-39)38(53)47-19-16-27(17-20-47)43-37(52)32(41)33(42)48/h3-8,11-14,24,27-32H,9-10,15-23,39-41H2,1-2H3,(H2,42,48)(H,43,52)(H,44,50)(H,45,49)(H,46,51)/t28-,29-,30-,31-,32-/m1/s1. The highest BCUT2D eigenvalue weighted by molar-refractivity contribution is 6.03. The van der Waals surface area contributed by atoms with Gasteiger partial charge in [-0.1, -0.05) is 74.5 Å². The van der Waals surface area contributed by atoms with E-state index in [1.54, 1.807) is 4.90 Å². The minimum Gasteiger partial charge on any atom is -0.368 e. The molecule has 5 atom stereocenters. The van der Waals surface area contributed by atoms with E-state index >= 15 is 0 Å². The van der Waals surface area contributed by atoms with Crippen molar-refractivity contribution in [2.45, 2.75) is 101 Å². The maximum Gasteiger partial charge on any atom is 0.246 e. The molecule has 0 unspecified atom stereocenters. The van der Waals surface area contributed by atoms with Crippen LogP contribution in [0.15, 0.2) is 60.7 Å². The number of likely N-dealkylation sites (tertiary alicyclic amines) is 1. The van der Waals surface area contributed by atoms with Crippen molar-refractivity contribution in [3.8, 4) is 0 Å².